The Labute approximate surface area is 159 Å². The highest BCUT2D eigenvalue weighted by molar-refractivity contribution is 7.98. The van der Waals surface area contributed by atoms with E-state index < -0.39 is 0 Å². The van der Waals surface area contributed by atoms with Crippen molar-refractivity contribution in [1.29, 1.82) is 0 Å². The van der Waals surface area contributed by atoms with Crippen molar-refractivity contribution in [2.45, 2.75) is 17.8 Å². The second-order valence-electron chi connectivity index (χ2n) is 5.54. The summed E-state index contributed by atoms with van der Waals surface area (Å²) in [7, 11) is 0. The van der Waals surface area contributed by atoms with Gasteiger partial charge in [0, 0.05) is 5.75 Å². The molecule has 0 bridgehead atoms. The van der Waals surface area contributed by atoms with Gasteiger partial charge in [-0.15, -0.1) is 16.4 Å². The van der Waals surface area contributed by atoms with Gasteiger partial charge in [-0.2, -0.15) is 0 Å². The zero-order valence-corrected chi connectivity index (χ0v) is 15.7. The monoisotopic (exact) mass is 380 g/mol. The molecule has 4 aromatic rings. The van der Waals surface area contributed by atoms with Crippen LogP contribution in [0.1, 0.15) is 22.8 Å². The number of rotatable bonds is 6. The molecule has 0 aliphatic carbocycles. The molecule has 0 fully saturated rings. The summed E-state index contributed by atoms with van der Waals surface area (Å²) in [6.45, 7) is 1.94. The van der Waals surface area contributed by atoms with Crippen LogP contribution in [0.15, 0.2) is 57.4 Å². The lowest BCUT2D eigenvalue weighted by atomic mass is 10.2. The summed E-state index contributed by atoms with van der Waals surface area (Å²) in [6.07, 6.45) is 3.92. The van der Waals surface area contributed by atoms with Crippen LogP contribution in [0, 0.1) is 6.92 Å². The molecule has 4 rings (SSSR count). The van der Waals surface area contributed by atoms with Crippen molar-refractivity contribution in [2.24, 2.45) is 0 Å². The van der Waals surface area contributed by atoms with Crippen LogP contribution in [-0.2, 0) is 5.75 Å². The minimum Gasteiger partial charge on any atom is -0.440 e. The molecule has 0 saturated heterocycles. The number of nitrogens with one attached hydrogen (secondary N) is 1. The first-order chi connectivity index (χ1) is 12.8. The van der Waals surface area contributed by atoms with Gasteiger partial charge in [-0.1, -0.05) is 54.2 Å². The highest BCUT2D eigenvalue weighted by Gasteiger charge is 2.13. The van der Waals surface area contributed by atoms with Crippen LogP contribution in [0.3, 0.4) is 0 Å². The SMILES string of the molecule is Cc1oc(-c2cccs2)nc1CSc1n[nH]c(/C=C/c2ccccc2)n1. The van der Waals surface area contributed by atoms with Crippen LogP contribution in [0.5, 0.6) is 0 Å². The van der Waals surface area contributed by atoms with Crippen molar-refractivity contribution in [3.8, 4) is 10.8 Å². The van der Waals surface area contributed by atoms with Crippen molar-refractivity contribution >= 4 is 35.3 Å². The zero-order chi connectivity index (χ0) is 17.8. The molecular weight excluding hydrogens is 364 g/mol. The Bertz CT molecular complexity index is 1000. The second kappa shape index (κ2) is 7.72. The Morgan fingerprint density at radius 1 is 1.12 bits per heavy atom. The van der Waals surface area contributed by atoms with Gasteiger partial charge in [-0.05, 0) is 30.0 Å². The van der Waals surface area contributed by atoms with Crippen molar-refractivity contribution < 1.29 is 4.42 Å². The lowest BCUT2D eigenvalue weighted by Crippen LogP contribution is -1.85. The first kappa shape index (κ1) is 16.8. The van der Waals surface area contributed by atoms with Gasteiger partial charge >= 0.3 is 0 Å². The van der Waals surface area contributed by atoms with Crippen LogP contribution < -0.4 is 0 Å². The predicted octanol–water partition coefficient (Wildman–Crippen LogP) is 5.29. The van der Waals surface area contributed by atoms with Gasteiger partial charge in [-0.3, -0.25) is 5.10 Å². The number of oxazole rings is 1. The molecule has 0 radical (unpaired) electrons. The molecule has 0 aliphatic heterocycles. The van der Waals surface area contributed by atoms with Crippen molar-refractivity contribution in [2.75, 3.05) is 0 Å². The standard InChI is InChI=1S/C19H16N4OS2/c1-13-15(20-18(24-13)16-8-5-11-25-16)12-26-19-21-17(22-23-19)10-9-14-6-3-2-4-7-14/h2-11H,12H2,1H3,(H,21,22,23)/b10-9+. The van der Waals surface area contributed by atoms with Crippen LogP contribution in [0.4, 0.5) is 0 Å². The number of aryl methyl sites for hydroxylation is 1. The Morgan fingerprint density at radius 2 is 2.00 bits per heavy atom. The number of hydrogen-bond acceptors (Lipinski definition) is 6. The summed E-state index contributed by atoms with van der Waals surface area (Å²) in [6, 6.07) is 14.1. The summed E-state index contributed by atoms with van der Waals surface area (Å²) in [5.74, 6) is 2.91. The average molecular weight is 380 g/mol. The third kappa shape index (κ3) is 3.95. The molecule has 26 heavy (non-hydrogen) atoms. The maximum Gasteiger partial charge on any atom is 0.236 e. The molecule has 0 unspecified atom stereocenters. The van der Waals surface area contributed by atoms with Crippen LogP contribution >= 0.6 is 23.1 Å². The average Bonchev–Trinajstić information content (AvgIpc) is 3.40. The molecule has 0 spiro atoms. The Morgan fingerprint density at radius 3 is 2.81 bits per heavy atom. The van der Waals surface area contributed by atoms with Crippen LogP contribution in [0.2, 0.25) is 0 Å². The maximum atomic E-state index is 5.77. The van der Waals surface area contributed by atoms with Gasteiger partial charge in [0.15, 0.2) is 0 Å². The number of hydrogen-bond donors (Lipinski definition) is 1. The molecular formula is C19H16N4OS2. The number of aromatic nitrogens is 4. The van der Waals surface area contributed by atoms with E-state index in [1.165, 1.54) is 11.8 Å². The van der Waals surface area contributed by atoms with E-state index in [9.17, 15) is 0 Å². The number of nitrogens with zero attached hydrogens (tertiary/aromatic N) is 3. The number of thioether (sulfide) groups is 1. The molecule has 0 amide bonds. The van der Waals surface area contributed by atoms with Crippen LogP contribution in [0.25, 0.3) is 22.9 Å². The highest BCUT2D eigenvalue weighted by Crippen LogP contribution is 2.28. The number of benzene rings is 1. The zero-order valence-electron chi connectivity index (χ0n) is 14.0. The molecule has 0 atom stereocenters. The highest BCUT2D eigenvalue weighted by atomic mass is 32.2. The number of aromatic amines is 1. The first-order valence-electron chi connectivity index (χ1n) is 8.06. The maximum absolute atomic E-state index is 5.77. The fraction of sp³-hybridized carbons (Fsp3) is 0.105. The lowest BCUT2D eigenvalue weighted by molar-refractivity contribution is 0.542. The van der Waals surface area contributed by atoms with E-state index in [0.29, 0.717) is 16.8 Å². The van der Waals surface area contributed by atoms with E-state index in [4.69, 9.17) is 4.42 Å². The predicted molar refractivity (Wildman–Crippen MR) is 106 cm³/mol. The molecule has 5 nitrogen and oxygen atoms in total. The minimum absolute atomic E-state index is 0.667. The molecule has 1 N–H and O–H groups in total. The van der Waals surface area contributed by atoms with E-state index >= 15 is 0 Å². The summed E-state index contributed by atoms with van der Waals surface area (Å²) < 4.78 is 5.77. The summed E-state index contributed by atoms with van der Waals surface area (Å²) in [4.78, 5) is 10.1. The van der Waals surface area contributed by atoms with E-state index in [0.717, 1.165) is 27.7 Å². The molecule has 3 aromatic heterocycles. The molecule has 3 heterocycles. The minimum atomic E-state index is 0.667. The largest absolute Gasteiger partial charge is 0.440 e. The van der Waals surface area contributed by atoms with E-state index in [2.05, 4.69) is 20.2 Å². The van der Waals surface area contributed by atoms with E-state index in [-0.39, 0.29) is 0 Å². The molecule has 7 heteroatoms. The van der Waals surface area contributed by atoms with E-state index in [1.807, 2.05) is 66.9 Å². The van der Waals surface area contributed by atoms with Crippen molar-refractivity contribution in [1.82, 2.24) is 20.2 Å². The van der Waals surface area contributed by atoms with Gasteiger partial charge in [0.05, 0.1) is 10.6 Å². The quantitative estimate of drug-likeness (QED) is 0.460. The summed E-state index contributed by atoms with van der Waals surface area (Å²) >= 11 is 3.15. The fourth-order valence-electron chi connectivity index (χ4n) is 2.34. The second-order valence-corrected chi connectivity index (χ2v) is 7.43. The smallest absolute Gasteiger partial charge is 0.236 e. The molecule has 0 saturated carbocycles. The van der Waals surface area contributed by atoms with E-state index in [1.54, 1.807) is 11.3 Å². The third-order valence-electron chi connectivity index (χ3n) is 3.68. The van der Waals surface area contributed by atoms with Crippen LogP contribution in [-0.4, -0.2) is 20.2 Å². The number of H-pyrrole nitrogens is 1. The molecule has 1 aromatic carbocycles. The fourth-order valence-corrected chi connectivity index (χ4v) is 3.79. The Hall–Kier alpha value is -2.64. The topological polar surface area (TPSA) is 67.6 Å². The van der Waals surface area contributed by atoms with Gasteiger partial charge in [0.25, 0.3) is 0 Å². The third-order valence-corrected chi connectivity index (χ3v) is 5.39. The van der Waals surface area contributed by atoms with Gasteiger partial charge < -0.3 is 4.42 Å². The van der Waals surface area contributed by atoms with Gasteiger partial charge in [-0.25, -0.2) is 9.97 Å². The Balaban J connectivity index is 1.40. The van der Waals surface area contributed by atoms with Crippen molar-refractivity contribution in [3.63, 3.8) is 0 Å². The van der Waals surface area contributed by atoms with Gasteiger partial charge in [0.2, 0.25) is 11.0 Å². The molecule has 0 aliphatic rings. The molecule has 130 valence electrons. The van der Waals surface area contributed by atoms with Crippen molar-refractivity contribution in [3.05, 3.63) is 70.7 Å². The Kier molecular flexibility index (Phi) is 4.99. The van der Waals surface area contributed by atoms with Gasteiger partial charge in [0.1, 0.15) is 11.6 Å². The summed E-state index contributed by atoms with van der Waals surface area (Å²) in [5, 5.41) is 9.90. The number of thiophene rings is 1. The normalized spacial score (nSPS) is 11.4. The summed E-state index contributed by atoms with van der Waals surface area (Å²) in [5.41, 5.74) is 2.04. The first-order valence-corrected chi connectivity index (χ1v) is 9.93. The lowest BCUT2D eigenvalue weighted by Gasteiger charge is -1.93.